The van der Waals surface area contributed by atoms with Gasteiger partial charge >= 0.3 is 0 Å². The topological polar surface area (TPSA) is 0 Å². The molecule has 0 spiro atoms. The molecular formula is C29H32. The largest absolute Gasteiger partial charge is 0.0622 e. The Morgan fingerprint density at radius 2 is 1.14 bits per heavy atom. The smallest absolute Gasteiger partial charge is 0.000435 e. The van der Waals surface area contributed by atoms with Crippen molar-refractivity contribution in [3.05, 3.63) is 95.1 Å². The Morgan fingerprint density at radius 1 is 0.586 bits per heavy atom. The van der Waals surface area contributed by atoms with Gasteiger partial charge in [-0.25, -0.2) is 0 Å². The molecule has 0 saturated carbocycles. The molecular weight excluding hydrogens is 348 g/mol. The number of benzene rings is 3. The summed E-state index contributed by atoms with van der Waals surface area (Å²) in [5.74, 6) is 0. The molecule has 0 atom stereocenters. The molecule has 0 N–H and O–H groups in total. The second-order valence-electron chi connectivity index (χ2n) is 10.3. The molecule has 3 aromatic rings. The molecule has 4 rings (SSSR count). The molecule has 0 fully saturated rings. The molecule has 0 bridgehead atoms. The van der Waals surface area contributed by atoms with Crippen molar-refractivity contribution in [2.24, 2.45) is 5.41 Å². The van der Waals surface area contributed by atoms with Gasteiger partial charge in [-0.15, -0.1) is 0 Å². The zero-order valence-corrected chi connectivity index (χ0v) is 18.6. The van der Waals surface area contributed by atoms with Crippen molar-refractivity contribution in [1.82, 2.24) is 0 Å². The van der Waals surface area contributed by atoms with Gasteiger partial charge in [-0.05, 0) is 61.8 Å². The summed E-state index contributed by atoms with van der Waals surface area (Å²) in [6.07, 6.45) is 1.00. The molecule has 0 nitrogen and oxygen atoms in total. The van der Waals surface area contributed by atoms with Gasteiger partial charge < -0.3 is 0 Å². The average Bonchev–Trinajstić information content (AvgIpc) is 3.08. The molecule has 3 aromatic carbocycles. The average molecular weight is 381 g/mol. The van der Waals surface area contributed by atoms with Gasteiger partial charge in [0.15, 0.2) is 0 Å². The van der Waals surface area contributed by atoms with Crippen LogP contribution >= 0.6 is 0 Å². The maximum Gasteiger partial charge on any atom is -0.000435 e. The minimum Gasteiger partial charge on any atom is -0.0622 e. The Bertz CT molecular complexity index is 1050. The van der Waals surface area contributed by atoms with Gasteiger partial charge in [-0.3, -0.25) is 0 Å². The van der Waals surface area contributed by atoms with E-state index in [1.165, 1.54) is 44.5 Å². The van der Waals surface area contributed by atoms with Crippen LogP contribution in [0.3, 0.4) is 0 Å². The number of hydrogen-bond acceptors (Lipinski definition) is 0. The van der Waals surface area contributed by atoms with Gasteiger partial charge in [0.05, 0.1) is 0 Å². The first-order valence-electron chi connectivity index (χ1n) is 10.7. The third kappa shape index (κ3) is 3.57. The molecule has 1 aliphatic rings. The van der Waals surface area contributed by atoms with E-state index in [2.05, 4.69) is 114 Å². The van der Waals surface area contributed by atoms with E-state index in [-0.39, 0.29) is 10.8 Å². The van der Waals surface area contributed by atoms with Crippen molar-refractivity contribution in [2.45, 2.75) is 53.4 Å². The van der Waals surface area contributed by atoms with Crippen LogP contribution in [-0.4, -0.2) is 0 Å². The first kappa shape index (κ1) is 19.7. The minimum absolute atomic E-state index is 0.0909. The summed E-state index contributed by atoms with van der Waals surface area (Å²) in [5, 5.41) is 0. The van der Waals surface area contributed by atoms with Crippen molar-refractivity contribution < 1.29 is 0 Å². The lowest BCUT2D eigenvalue weighted by Crippen LogP contribution is -2.15. The maximum atomic E-state index is 2.39. The molecule has 0 amide bonds. The van der Waals surface area contributed by atoms with Crippen LogP contribution in [0.25, 0.3) is 22.3 Å². The fourth-order valence-corrected chi connectivity index (χ4v) is 4.80. The SMILES string of the molecule is CC(C)(C)C1=C(c2ccccc2)Cc2c1ccc(C(C)(C)C)c2-c1ccccc1. The Kier molecular flexibility index (Phi) is 4.77. The Labute approximate surface area is 176 Å². The monoisotopic (exact) mass is 380 g/mol. The predicted molar refractivity (Wildman–Crippen MR) is 127 cm³/mol. The maximum absolute atomic E-state index is 2.39. The molecule has 0 aromatic heterocycles. The number of fused-ring (bicyclic) bond motifs is 1. The van der Waals surface area contributed by atoms with Crippen molar-refractivity contribution in [3.63, 3.8) is 0 Å². The lowest BCUT2D eigenvalue weighted by molar-refractivity contribution is 0.568. The molecule has 1 aliphatic carbocycles. The fourth-order valence-electron chi connectivity index (χ4n) is 4.80. The van der Waals surface area contributed by atoms with Crippen LogP contribution in [0.5, 0.6) is 0 Å². The van der Waals surface area contributed by atoms with E-state index in [0.717, 1.165) is 6.42 Å². The van der Waals surface area contributed by atoms with Crippen molar-refractivity contribution in [3.8, 4) is 11.1 Å². The second-order valence-corrected chi connectivity index (χ2v) is 10.3. The predicted octanol–water partition coefficient (Wildman–Crippen LogP) is 8.16. The van der Waals surface area contributed by atoms with Crippen molar-refractivity contribution >= 4 is 11.1 Å². The van der Waals surface area contributed by atoms with Gasteiger partial charge in [0.1, 0.15) is 0 Å². The first-order valence-corrected chi connectivity index (χ1v) is 10.7. The standard InChI is InChI=1S/C29H32/c1-28(2,3)25-18-17-22-24(26(25)21-15-11-8-12-16-21)19-23(27(22)29(4,5)6)20-13-9-7-10-14-20/h7-18H,19H2,1-6H3. The quantitative estimate of drug-likeness (QED) is 0.420. The van der Waals surface area contributed by atoms with Crippen LogP contribution in [0.1, 0.15) is 63.8 Å². The van der Waals surface area contributed by atoms with E-state index in [9.17, 15) is 0 Å². The van der Waals surface area contributed by atoms with Crippen LogP contribution in [0.15, 0.2) is 72.8 Å². The zero-order valence-electron chi connectivity index (χ0n) is 18.6. The number of allylic oxidation sites excluding steroid dienone is 2. The Balaban J connectivity index is 2.02. The molecule has 0 heterocycles. The van der Waals surface area contributed by atoms with Crippen LogP contribution in [0.4, 0.5) is 0 Å². The van der Waals surface area contributed by atoms with E-state index >= 15 is 0 Å². The highest BCUT2D eigenvalue weighted by molar-refractivity contribution is 6.01. The Hall–Kier alpha value is -2.60. The molecule has 148 valence electrons. The molecule has 0 aliphatic heterocycles. The number of rotatable bonds is 2. The summed E-state index contributed by atoms with van der Waals surface area (Å²) in [5.41, 5.74) is 11.6. The second kappa shape index (κ2) is 7.02. The van der Waals surface area contributed by atoms with Crippen molar-refractivity contribution in [1.29, 1.82) is 0 Å². The van der Waals surface area contributed by atoms with Gasteiger partial charge in [0.25, 0.3) is 0 Å². The molecule has 0 saturated heterocycles. The highest BCUT2D eigenvalue weighted by Crippen LogP contribution is 2.51. The lowest BCUT2D eigenvalue weighted by atomic mass is 9.76. The zero-order chi connectivity index (χ0) is 20.8. The fraction of sp³-hybridized carbons (Fsp3) is 0.310. The minimum atomic E-state index is 0.0909. The van der Waals surface area contributed by atoms with Crippen LogP contribution < -0.4 is 0 Å². The molecule has 0 radical (unpaired) electrons. The lowest BCUT2D eigenvalue weighted by Gasteiger charge is -2.28. The van der Waals surface area contributed by atoms with Crippen molar-refractivity contribution in [2.75, 3.05) is 0 Å². The van der Waals surface area contributed by atoms with Crippen LogP contribution in [0.2, 0.25) is 0 Å². The highest BCUT2D eigenvalue weighted by Gasteiger charge is 2.34. The molecule has 0 unspecified atom stereocenters. The van der Waals surface area contributed by atoms with E-state index in [0.29, 0.717) is 0 Å². The summed E-state index contributed by atoms with van der Waals surface area (Å²) in [6.45, 7) is 14.0. The summed E-state index contributed by atoms with van der Waals surface area (Å²) in [4.78, 5) is 0. The van der Waals surface area contributed by atoms with E-state index in [4.69, 9.17) is 0 Å². The summed E-state index contributed by atoms with van der Waals surface area (Å²) < 4.78 is 0. The third-order valence-electron chi connectivity index (χ3n) is 5.98. The van der Waals surface area contributed by atoms with Gasteiger partial charge in [-0.1, -0.05) is 114 Å². The molecule has 29 heavy (non-hydrogen) atoms. The summed E-state index contributed by atoms with van der Waals surface area (Å²) in [7, 11) is 0. The Morgan fingerprint density at radius 3 is 1.66 bits per heavy atom. The van der Waals surface area contributed by atoms with Crippen LogP contribution in [-0.2, 0) is 11.8 Å². The summed E-state index contributed by atoms with van der Waals surface area (Å²) >= 11 is 0. The highest BCUT2D eigenvalue weighted by atomic mass is 14.4. The third-order valence-corrected chi connectivity index (χ3v) is 5.98. The molecule has 0 heteroatoms. The normalized spacial score (nSPS) is 14.3. The van der Waals surface area contributed by atoms with Gasteiger partial charge in [-0.2, -0.15) is 0 Å². The number of hydrogen-bond donors (Lipinski definition) is 0. The van der Waals surface area contributed by atoms with Gasteiger partial charge in [0.2, 0.25) is 0 Å². The van der Waals surface area contributed by atoms with E-state index in [1.807, 2.05) is 0 Å². The summed E-state index contributed by atoms with van der Waals surface area (Å²) in [6, 6.07) is 26.7. The first-order chi connectivity index (χ1) is 13.7. The van der Waals surface area contributed by atoms with Crippen LogP contribution in [0, 0.1) is 5.41 Å². The van der Waals surface area contributed by atoms with Gasteiger partial charge in [0, 0.05) is 0 Å². The van der Waals surface area contributed by atoms with E-state index in [1.54, 1.807) is 0 Å². The van der Waals surface area contributed by atoms with E-state index < -0.39 is 0 Å².